The summed E-state index contributed by atoms with van der Waals surface area (Å²) in [5, 5.41) is 13.4. The summed E-state index contributed by atoms with van der Waals surface area (Å²) >= 11 is 0. The van der Waals surface area contributed by atoms with Crippen molar-refractivity contribution in [3.63, 3.8) is 0 Å². The zero-order valence-electron chi connectivity index (χ0n) is 33.3. The molecule has 0 unspecified atom stereocenters. The van der Waals surface area contributed by atoms with Crippen LogP contribution in [0.4, 0.5) is 22.7 Å². The monoisotopic (exact) mass is 800 g/mol. The minimum atomic E-state index is -0.476. The Morgan fingerprint density at radius 2 is 0.710 bits per heavy atom. The van der Waals surface area contributed by atoms with Crippen LogP contribution in [0.3, 0.4) is 0 Å². The van der Waals surface area contributed by atoms with Crippen LogP contribution >= 0.6 is 0 Å². The van der Waals surface area contributed by atoms with Gasteiger partial charge in [0.2, 0.25) is 0 Å². The van der Waals surface area contributed by atoms with Crippen LogP contribution in [0.2, 0.25) is 0 Å². The summed E-state index contributed by atoms with van der Waals surface area (Å²) in [5.74, 6) is 0. The highest BCUT2D eigenvalue weighted by Crippen LogP contribution is 2.38. The quantitative estimate of drug-likeness (QED) is 0.149. The zero-order valence-corrected chi connectivity index (χ0v) is 33.3. The maximum atomic E-state index is 13.6. The maximum Gasteiger partial charge on any atom is 0.344 e. The molecule has 6 heteroatoms. The smallest absolute Gasteiger partial charge is 0.344 e. The van der Waals surface area contributed by atoms with Crippen LogP contribution in [0.1, 0.15) is 0 Å². The molecule has 2 aromatic heterocycles. The number of benzene rings is 9. The first-order chi connectivity index (χ1) is 30.5. The fraction of sp³-hybridized carbons (Fsp3) is 0. The van der Waals surface area contributed by atoms with Crippen LogP contribution in [0, 0.1) is 0 Å². The van der Waals surface area contributed by atoms with Gasteiger partial charge in [-0.15, -0.1) is 0 Å². The lowest BCUT2D eigenvalue weighted by molar-refractivity contribution is 0.563. The molecule has 0 aliphatic carbocycles. The Bertz CT molecular complexity index is 3410. The second-order valence-corrected chi connectivity index (χ2v) is 15.4. The summed E-state index contributed by atoms with van der Waals surface area (Å²) in [5.41, 5.74) is 9.88. The molecule has 294 valence electrons. The van der Waals surface area contributed by atoms with E-state index in [1.165, 1.54) is 21.5 Å². The molecule has 11 rings (SSSR count). The van der Waals surface area contributed by atoms with Gasteiger partial charge in [0.25, 0.3) is 0 Å². The van der Waals surface area contributed by atoms with Gasteiger partial charge in [0.15, 0.2) is 0 Å². The summed E-state index contributed by atoms with van der Waals surface area (Å²) in [6.45, 7) is 0. The third kappa shape index (κ3) is 6.76. The Hall–Kier alpha value is -8.48. The van der Waals surface area contributed by atoms with Crippen LogP contribution in [0.5, 0.6) is 0 Å². The summed E-state index contributed by atoms with van der Waals surface area (Å²) in [6.07, 6.45) is 0. The Morgan fingerprint density at radius 3 is 1.21 bits per heavy atom. The molecule has 0 saturated heterocycles. The highest BCUT2D eigenvalue weighted by molar-refractivity contribution is 6.01. The van der Waals surface area contributed by atoms with Crippen LogP contribution in [0.15, 0.2) is 225 Å². The predicted octanol–water partition coefficient (Wildman–Crippen LogP) is 14.4. The zero-order chi connectivity index (χ0) is 41.6. The number of fused-ring (bicyclic) bond motifs is 4. The normalized spacial score (nSPS) is 11.4. The van der Waals surface area contributed by atoms with E-state index < -0.39 is 11.3 Å². The first-order valence-corrected chi connectivity index (χ1v) is 20.5. The van der Waals surface area contributed by atoms with E-state index in [0.717, 1.165) is 55.8 Å². The van der Waals surface area contributed by atoms with E-state index in [2.05, 4.69) is 95.6 Å². The van der Waals surface area contributed by atoms with Gasteiger partial charge in [0, 0.05) is 56.8 Å². The molecule has 2 N–H and O–H groups in total. The van der Waals surface area contributed by atoms with Crippen molar-refractivity contribution < 1.29 is 8.83 Å². The molecule has 62 heavy (non-hydrogen) atoms. The van der Waals surface area contributed by atoms with Crippen molar-refractivity contribution in [2.75, 3.05) is 10.6 Å². The SMILES string of the molecule is O=c1oc2cc(Nc3ccccc3-c3cccc4ccccc34)ccc2cc1-c1cccc(-c2cc3ccc(Nc4ccccc4-c4cccc5ccccc45)cc3oc2=O)c1. The van der Waals surface area contributed by atoms with Crippen LogP contribution < -0.4 is 21.9 Å². The van der Waals surface area contributed by atoms with Gasteiger partial charge >= 0.3 is 11.3 Å². The molecule has 0 aliphatic heterocycles. The summed E-state index contributed by atoms with van der Waals surface area (Å²) in [6, 6.07) is 68.3. The van der Waals surface area contributed by atoms with Gasteiger partial charge in [-0.3, -0.25) is 0 Å². The van der Waals surface area contributed by atoms with E-state index in [-0.39, 0.29) is 0 Å². The molecular weight excluding hydrogens is 765 g/mol. The van der Waals surface area contributed by atoms with Gasteiger partial charge < -0.3 is 19.5 Å². The van der Waals surface area contributed by atoms with Crippen molar-refractivity contribution in [3.8, 4) is 44.5 Å². The Kier molecular flexibility index (Phi) is 9.02. The van der Waals surface area contributed by atoms with Crippen LogP contribution in [0.25, 0.3) is 88.0 Å². The average Bonchev–Trinajstić information content (AvgIpc) is 3.31. The number of hydrogen-bond donors (Lipinski definition) is 2. The molecule has 0 radical (unpaired) electrons. The van der Waals surface area contributed by atoms with Gasteiger partial charge in [-0.1, -0.05) is 140 Å². The minimum absolute atomic E-state index is 0.394. The number of para-hydroxylation sites is 2. The number of nitrogens with one attached hydrogen (secondary N) is 2. The van der Waals surface area contributed by atoms with Gasteiger partial charge in [0.05, 0.1) is 11.1 Å². The van der Waals surface area contributed by atoms with Gasteiger partial charge in [0.1, 0.15) is 11.2 Å². The maximum absolute atomic E-state index is 13.6. The van der Waals surface area contributed by atoms with E-state index in [1.807, 2.05) is 121 Å². The minimum Gasteiger partial charge on any atom is -0.422 e. The van der Waals surface area contributed by atoms with Crippen molar-refractivity contribution >= 4 is 66.2 Å². The predicted molar refractivity (Wildman–Crippen MR) is 255 cm³/mol. The molecular formula is C56H36N2O4. The van der Waals surface area contributed by atoms with Crippen molar-refractivity contribution in [1.29, 1.82) is 0 Å². The molecule has 0 spiro atoms. The van der Waals surface area contributed by atoms with Gasteiger partial charge in [-0.05, 0) is 98.4 Å². The third-order valence-corrected chi connectivity index (χ3v) is 11.5. The molecule has 9 aromatic carbocycles. The first-order valence-electron chi connectivity index (χ1n) is 20.5. The lowest BCUT2D eigenvalue weighted by atomic mass is 9.97. The molecule has 2 heterocycles. The lowest BCUT2D eigenvalue weighted by Gasteiger charge is -2.15. The Balaban J connectivity index is 0.868. The topological polar surface area (TPSA) is 84.5 Å². The Labute approximate surface area is 356 Å². The highest BCUT2D eigenvalue weighted by atomic mass is 16.4. The van der Waals surface area contributed by atoms with Crippen molar-refractivity contribution in [1.82, 2.24) is 0 Å². The van der Waals surface area contributed by atoms with E-state index in [9.17, 15) is 9.59 Å². The molecule has 0 fully saturated rings. The largest absolute Gasteiger partial charge is 0.422 e. The van der Waals surface area contributed by atoms with Gasteiger partial charge in [-0.2, -0.15) is 0 Å². The summed E-state index contributed by atoms with van der Waals surface area (Å²) in [4.78, 5) is 27.2. The molecule has 11 aromatic rings. The number of anilines is 4. The standard InChI is InChI=1S/C56H36N2O4/c59-55-49(31-39-26-28-41(33-53(39)61-55)57-51-24-7-5-20-47(51)45-22-10-14-35-12-1-3-18-43(35)45)37-16-9-17-38(30-37)50-32-40-27-29-42(34-54(40)62-56(50)60)58-52-25-8-6-21-48(52)46-23-11-15-36-13-2-4-19-44(36)46/h1-34,57-58H. The average molecular weight is 801 g/mol. The van der Waals surface area contributed by atoms with Gasteiger partial charge in [-0.25, -0.2) is 9.59 Å². The number of rotatable bonds is 8. The van der Waals surface area contributed by atoms with Crippen LogP contribution in [-0.4, -0.2) is 0 Å². The summed E-state index contributed by atoms with van der Waals surface area (Å²) in [7, 11) is 0. The summed E-state index contributed by atoms with van der Waals surface area (Å²) < 4.78 is 11.9. The molecule has 0 amide bonds. The van der Waals surface area contributed by atoms with E-state index in [4.69, 9.17) is 8.83 Å². The highest BCUT2D eigenvalue weighted by Gasteiger charge is 2.15. The van der Waals surface area contributed by atoms with Crippen molar-refractivity contribution in [2.45, 2.75) is 0 Å². The third-order valence-electron chi connectivity index (χ3n) is 11.5. The second kappa shape index (κ2) is 15.3. The Morgan fingerprint density at radius 1 is 0.306 bits per heavy atom. The number of hydrogen-bond acceptors (Lipinski definition) is 6. The van der Waals surface area contributed by atoms with E-state index in [1.54, 1.807) is 0 Å². The van der Waals surface area contributed by atoms with E-state index in [0.29, 0.717) is 33.4 Å². The lowest BCUT2D eigenvalue weighted by Crippen LogP contribution is -2.05. The van der Waals surface area contributed by atoms with E-state index >= 15 is 0 Å². The van der Waals surface area contributed by atoms with Crippen molar-refractivity contribution in [2.24, 2.45) is 0 Å². The molecule has 0 aliphatic rings. The van der Waals surface area contributed by atoms with Crippen molar-refractivity contribution in [3.05, 3.63) is 227 Å². The fourth-order valence-electron chi connectivity index (χ4n) is 8.52. The molecule has 0 atom stereocenters. The fourth-order valence-corrected chi connectivity index (χ4v) is 8.52. The molecule has 6 nitrogen and oxygen atoms in total. The second-order valence-electron chi connectivity index (χ2n) is 15.4. The molecule has 0 bridgehead atoms. The first kappa shape index (κ1) is 36.6. The molecule has 0 saturated carbocycles. The van der Waals surface area contributed by atoms with Crippen LogP contribution in [-0.2, 0) is 0 Å².